The quantitative estimate of drug-likeness (QED) is 0.804. The third kappa shape index (κ3) is 2.30. The van der Waals surface area contributed by atoms with Gasteiger partial charge in [0.2, 0.25) is 0 Å². The lowest BCUT2D eigenvalue weighted by Crippen LogP contribution is -2.02. The molecule has 0 amide bonds. The van der Waals surface area contributed by atoms with E-state index in [9.17, 15) is 0 Å². The Hall–Kier alpha value is -2.03. The summed E-state index contributed by atoms with van der Waals surface area (Å²) in [6, 6.07) is 5.77. The molecule has 0 aliphatic carbocycles. The molecule has 2 heterocycles. The van der Waals surface area contributed by atoms with Crippen LogP contribution in [0.15, 0.2) is 30.5 Å². The molecule has 0 spiro atoms. The van der Waals surface area contributed by atoms with Gasteiger partial charge >= 0.3 is 0 Å². The molecule has 3 heteroatoms. The lowest BCUT2D eigenvalue weighted by Gasteiger charge is -2.10. The Morgan fingerprint density at radius 3 is 2.56 bits per heavy atom. The zero-order chi connectivity index (χ0) is 13.1. The van der Waals surface area contributed by atoms with Gasteiger partial charge in [-0.2, -0.15) is 0 Å². The molecule has 0 saturated carbocycles. The molecule has 3 nitrogen and oxygen atoms in total. The maximum absolute atomic E-state index is 4.63. The molecule has 0 radical (unpaired) electrons. The summed E-state index contributed by atoms with van der Waals surface area (Å²) in [4.78, 5) is 13.5. The van der Waals surface area contributed by atoms with Gasteiger partial charge < -0.3 is 0 Å². The summed E-state index contributed by atoms with van der Waals surface area (Å²) in [6.07, 6.45) is 3.83. The molecule has 0 saturated heterocycles. The largest absolute Gasteiger partial charge is 0.253 e. The fraction of sp³-hybridized carbons (Fsp3) is 0.267. The van der Waals surface area contributed by atoms with Crippen LogP contribution in [0, 0.1) is 13.8 Å². The van der Waals surface area contributed by atoms with Crippen molar-refractivity contribution >= 4 is 5.57 Å². The van der Waals surface area contributed by atoms with Gasteiger partial charge in [0.15, 0.2) is 5.82 Å². The maximum atomic E-state index is 4.63. The topological polar surface area (TPSA) is 38.7 Å². The molecule has 0 aliphatic rings. The number of rotatable bonds is 2. The van der Waals surface area contributed by atoms with Gasteiger partial charge in [-0.15, -0.1) is 0 Å². The van der Waals surface area contributed by atoms with Crippen molar-refractivity contribution in [1.82, 2.24) is 15.0 Å². The molecule has 0 aromatic carbocycles. The number of aryl methyl sites for hydroxylation is 1. The first-order chi connectivity index (χ1) is 8.63. The Morgan fingerprint density at radius 2 is 1.94 bits per heavy atom. The minimum absolute atomic E-state index is 0.690. The van der Waals surface area contributed by atoms with Gasteiger partial charge in [0.05, 0.1) is 5.69 Å². The average molecular weight is 239 g/mol. The van der Waals surface area contributed by atoms with E-state index in [2.05, 4.69) is 34.9 Å². The van der Waals surface area contributed by atoms with Crippen LogP contribution in [-0.2, 0) is 0 Å². The van der Waals surface area contributed by atoms with Crippen molar-refractivity contribution in [2.75, 3.05) is 0 Å². The number of aromatic nitrogens is 3. The first-order valence-corrected chi connectivity index (χ1v) is 6.03. The molecule has 2 aromatic rings. The normalized spacial score (nSPS) is 11.7. The summed E-state index contributed by atoms with van der Waals surface area (Å²) >= 11 is 0. The van der Waals surface area contributed by atoms with Gasteiger partial charge in [0, 0.05) is 11.9 Å². The van der Waals surface area contributed by atoms with Crippen molar-refractivity contribution in [3.8, 4) is 11.5 Å². The van der Waals surface area contributed by atoms with E-state index < -0.39 is 0 Å². The highest BCUT2D eigenvalue weighted by Crippen LogP contribution is 2.21. The Kier molecular flexibility index (Phi) is 3.51. The molecular formula is C15H17N3. The van der Waals surface area contributed by atoms with Crippen LogP contribution in [0.3, 0.4) is 0 Å². The van der Waals surface area contributed by atoms with Crippen LogP contribution >= 0.6 is 0 Å². The Morgan fingerprint density at radius 1 is 1.17 bits per heavy atom. The van der Waals surface area contributed by atoms with Crippen molar-refractivity contribution in [2.24, 2.45) is 0 Å². The first-order valence-electron chi connectivity index (χ1n) is 6.03. The summed E-state index contributed by atoms with van der Waals surface area (Å²) in [7, 11) is 0. The smallest absolute Gasteiger partial charge is 0.178 e. The van der Waals surface area contributed by atoms with Crippen LogP contribution in [0.1, 0.15) is 30.8 Å². The molecule has 0 fully saturated rings. The molecule has 92 valence electrons. The lowest BCUT2D eigenvalue weighted by atomic mass is 10.1. The first kappa shape index (κ1) is 12.4. The highest BCUT2D eigenvalue weighted by molar-refractivity contribution is 5.65. The van der Waals surface area contributed by atoms with Gasteiger partial charge in [-0.05, 0) is 51.0 Å². The van der Waals surface area contributed by atoms with Crippen molar-refractivity contribution in [3.05, 3.63) is 47.4 Å². The van der Waals surface area contributed by atoms with E-state index in [4.69, 9.17) is 0 Å². The van der Waals surface area contributed by atoms with Crippen LogP contribution < -0.4 is 0 Å². The predicted molar refractivity (Wildman–Crippen MR) is 74.1 cm³/mol. The van der Waals surface area contributed by atoms with E-state index in [0.29, 0.717) is 5.82 Å². The minimum Gasteiger partial charge on any atom is -0.253 e. The van der Waals surface area contributed by atoms with Gasteiger partial charge in [-0.25, -0.2) is 9.97 Å². The zero-order valence-electron chi connectivity index (χ0n) is 11.2. The molecule has 0 bridgehead atoms. The zero-order valence-corrected chi connectivity index (χ0v) is 11.2. The summed E-state index contributed by atoms with van der Waals surface area (Å²) in [5.41, 5.74) is 5.11. The van der Waals surface area contributed by atoms with Crippen LogP contribution in [0.25, 0.3) is 17.1 Å². The second-order valence-corrected chi connectivity index (χ2v) is 4.29. The van der Waals surface area contributed by atoms with E-state index in [1.54, 1.807) is 6.20 Å². The highest BCUT2D eigenvalue weighted by Gasteiger charge is 2.10. The second kappa shape index (κ2) is 5.08. The summed E-state index contributed by atoms with van der Waals surface area (Å²) in [6.45, 7) is 8.15. The van der Waals surface area contributed by atoms with Gasteiger partial charge in [-0.1, -0.05) is 12.1 Å². The third-order valence-electron chi connectivity index (χ3n) is 3.09. The third-order valence-corrected chi connectivity index (χ3v) is 3.09. The van der Waals surface area contributed by atoms with Gasteiger partial charge in [0.25, 0.3) is 0 Å². The standard InChI is InChI=1S/C15H17N3/c1-5-10(2)14-11(3)12(4)17-15(18-14)13-8-6-7-9-16-13/h5-9H,1-4H3/b10-5-. The monoisotopic (exact) mass is 239 g/mol. The fourth-order valence-corrected chi connectivity index (χ4v) is 1.76. The number of pyridine rings is 1. The molecule has 2 rings (SSSR count). The van der Waals surface area contributed by atoms with Gasteiger partial charge in [-0.3, -0.25) is 4.98 Å². The van der Waals surface area contributed by atoms with Crippen LogP contribution in [0.4, 0.5) is 0 Å². The van der Waals surface area contributed by atoms with Crippen molar-refractivity contribution in [2.45, 2.75) is 27.7 Å². The SMILES string of the molecule is C/C=C(/C)c1nc(-c2ccccn2)nc(C)c1C. The van der Waals surface area contributed by atoms with Crippen LogP contribution in [0.2, 0.25) is 0 Å². The van der Waals surface area contributed by atoms with Crippen molar-refractivity contribution < 1.29 is 0 Å². The number of hydrogen-bond donors (Lipinski definition) is 0. The van der Waals surface area contributed by atoms with Gasteiger partial charge in [0.1, 0.15) is 5.69 Å². The molecule has 18 heavy (non-hydrogen) atoms. The molecule has 0 atom stereocenters. The van der Waals surface area contributed by atoms with Crippen LogP contribution in [0.5, 0.6) is 0 Å². The van der Waals surface area contributed by atoms with Crippen LogP contribution in [-0.4, -0.2) is 15.0 Å². The second-order valence-electron chi connectivity index (χ2n) is 4.29. The molecular weight excluding hydrogens is 222 g/mol. The Balaban J connectivity index is 2.62. The lowest BCUT2D eigenvalue weighted by molar-refractivity contribution is 1.04. The fourth-order valence-electron chi connectivity index (χ4n) is 1.76. The predicted octanol–water partition coefficient (Wildman–Crippen LogP) is 3.58. The summed E-state index contributed by atoms with van der Waals surface area (Å²) in [5, 5.41) is 0. The Labute approximate surface area is 108 Å². The average Bonchev–Trinajstić information content (AvgIpc) is 2.41. The van der Waals surface area contributed by atoms with Crippen molar-refractivity contribution in [3.63, 3.8) is 0 Å². The summed E-state index contributed by atoms with van der Waals surface area (Å²) < 4.78 is 0. The number of nitrogens with zero attached hydrogens (tertiary/aromatic N) is 3. The van der Waals surface area contributed by atoms with E-state index in [1.165, 1.54) is 0 Å². The Bertz CT molecular complexity index is 586. The molecule has 2 aromatic heterocycles. The van der Waals surface area contributed by atoms with E-state index in [0.717, 1.165) is 28.2 Å². The summed E-state index contributed by atoms with van der Waals surface area (Å²) in [5.74, 6) is 0.690. The van der Waals surface area contributed by atoms with Crippen molar-refractivity contribution in [1.29, 1.82) is 0 Å². The number of allylic oxidation sites excluding steroid dienone is 2. The highest BCUT2D eigenvalue weighted by atomic mass is 14.9. The number of hydrogen-bond acceptors (Lipinski definition) is 3. The van der Waals surface area contributed by atoms with E-state index in [1.807, 2.05) is 32.0 Å². The molecule has 0 N–H and O–H groups in total. The minimum atomic E-state index is 0.690. The molecule has 0 aliphatic heterocycles. The van der Waals surface area contributed by atoms with E-state index >= 15 is 0 Å². The van der Waals surface area contributed by atoms with E-state index in [-0.39, 0.29) is 0 Å². The maximum Gasteiger partial charge on any atom is 0.178 e. The molecule has 0 unspecified atom stereocenters.